The number of Topliss-reactive ketones (excluding diaryl/α,β-unsaturated/α-hetero) is 2. The molecule has 7 N–H and O–H groups in total. The van der Waals surface area contributed by atoms with Crippen molar-refractivity contribution in [2.45, 2.75) is 42.7 Å². The third-order valence-corrected chi connectivity index (χ3v) is 8.56. The lowest BCUT2D eigenvalue weighted by molar-refractivity contribution is -0.153. The van der Waals surface area contributed by atoms with Gasteiger partial charge in [0.05, 0.1) is 22.1 Å². The monoisotopic (exact) mass is 577 g/mol. The van der Waals surface area contributed by atoms with E-state index in [0.717, 1.165) is 0 Å². The van der Waals surface area contributed by atoms with E-state index in [-0.39, 0.29) is 29.7 Å². The van der Waals surface area contributed by atoms with Gasteiger partial charge >= 0.3 is 0 Å². The van der Waals surface area contributed by atoms with Gasteiger partial charge in [-0.25, -0.2) is 0 Å². The predicted molar refractivity (Wildman–Crippen MR) is 136 cm³/mol. The van der Waals surface area contributed by atoms with Crippen molar-refractivity contribution in [1.29, 1.82) is 0 Å². The molecule has 198 valence electrons. The van der Waals surface area contributed by atoms with E-state index in [1.807, 2.05) is 0 Å². The van der Waals surface area contributed by atoms with Gasteiger partial charge in [-0.05, 0) is 50.9 Å². The maximum atomic E-state index is 13.8. The highest BCUT2D eigenvalue weighted by atomic mass is 79.9. The molecule has 0 spiro atoms. The number of amides is 2. The Morgan fingerprint density at radius 1 is 1.24 bits per heavy atom. The van der Waals surface area contributed by atoms with Gasteiger partial charge in [-0.2, -0.15) is 0 Å². The lowest BCUT2D eigenvalue weighted by Gasteiger charge is -2.50. The number of halogens is 1. The number of nitrogens with two attached hydrogens (primary N) is 1. The molecular weight excluding hydrogens is 550 g/mol. The number of carbonyl (C=O) groups excluding carboxylic acids is 4. The zero-order valence-corrected chi connectivity index (χ0v) is 22.0. The van der Waals surface area contributed by atoms with Crippen LogP contribution in [-0.4, -0.2) is 79.3 Å². The molecule has 3 aliphatic rings. The molecule has 0 radical (unpaired) electrons. The average Bonchev–Trinajstić information content (AvgIpc) is 2.82. The summed E-state index contributed by atoms with van der Waals surface area (Å²) in [6.45, 7) is 1.79. The first-order valence-electron chi connectivity index (χ1n) is 11.7. The number of rotatable bonds is 5. The minimum Gasteiger partial charge on any atom is -0.508 e. The van der Waals surface area contributed by atoms with Crippen LogP contribution in [0.5, 0.6) is 5.75 Å². The van der Waals surface area contributed by atoms with Gasteiger partial charge in [0, 0.05) is 11.5 Å². The summed E-state index contributed by atoms with van der Waals surface area (Å²) in [4.78, 5) is 52.1. The summed E-state index contributed by atoms with van der Waals surface area (Å²) in [6.07, 6.45) is 0.669. The molecule has 1 aromatic carbocycles. The fraction of sp³-hybridized carbons (Fsp3) is 0.440. The van der Waals surface area contributed by atoms with Gasteiger partial charge in [-0.15, -0.1) is 0 Å². The maximum absolute atomic E-state index is 13.8. The minimum absolute atomic E-state index is 0.00672. The smallest absolute Gasteiger partial charge is 0.255 e. The minimum atomic E-state index is -2.70. The van der Waals surface area contributed by atoms with E-state index in [1.165, 1.54) is 25.1 Å². The van der Waals surface area contributed by atoms with Crippen molar-refractivity contribution in [2.75, 3.05) is 19.4 Å². The summed E-state index contributed by atoms with van der Waals surface area (Å²) in [6, 6.07) is 1.95. The lowest BCUT2D eigenvalue weighted by atomic mass is 9.57. The average molecular weight is 578 g/mol. The van der Waals surface area contributed by atoms with E-state index in [0.29, 0.717) is 12.0 Å². The van der Waals surface area contributed by atoms with Crippen molar-refractivity contribution >= 4 is 50.8 Å². The lowest BCUT2D eigenvalue weighted by Crippen LogP contribution is -2.65. The summed E-state index contributed by atoms with van der Waals surface area (Å²) in [5.74, 6) is -7.62. The van der Waals surface area contributed by atoms with E-state index in [4.69, 9.17) is 5.73 Å². The number of aliphatic hydroxyl groups is 3. The number of alkyl halides is 1. The Bertz CT molecular complexity index is 1300. The van der Waals surface area contributed by atoms with Gasteiger partial charge in [-0.1, -0.05) is 28.9 Å². The number of nitrogens with zero attached hydrogens (tertiary/aromatic N) is 1. The van der Waals surface area contributed by atoms with E-state index >= 15 is 0 Å². The number of benzene rings is 1. The molecule has 5 atom stereocenters. The number of anilines is 1. The molecule has 1 saturated carbocycles. The van der Waals surface area contributed by atoms with Crippen LogP contribution in [0.15, 0.2) is 29.0 Å². The molecule has 3 aliphatic carbocycles. The van der Waals surface area contributed by atoms with Crippen LogP contribution < -0.4 is 11.1 Å². The first kappa shape index (κ1) is 26.8. The molecule has 4 rings (SSSR count). The highest BCUT2D eigenvalue weighted by Gasteiger charge is 2.64. The Balaban J connectivity index is 1.87. The van der Waals surface area contributed by atoms with E-state index in [9.17, 15) is 39.6 Å². The summed E-state index contributed by atoms with van der Waals surface area (Å²) in [5.41, 5.74) is 1.92. The fourth-order valence-corrected chi connectivity index (χ4v) is 5.83. The topological polar surface area (TPSA) is 190 Å². The van der Waals surface area contributed by atoms with Gasteiger partial charge in [0.2, 0.25) is 11.7 Å². The van der Waals surface area contributed by atoms with Gasteiger partial charge < -0.3 is 31.5 Å². The number of aromatic hydroxyl groups is 1. The van der Waals surface area contributed by atoms with E-state index < -0.39 is 74.5 Å². The van der Waals surface area contributed by atoms with Crippen molar-refractivity contribution in [2.24, 2.45) is 17.6 Å². The van der Waals surface area contributed by atoms with Gasteiger partial charge in [0.25, 0.3) is 5.91 Å². The van der Waals surface area contributed by atoms with Crippen molar-refractivity contribution in [3.05, 3.63) is 40.2 Å². The molecule has 11 nitrogen and oxygen atoms in total. The quantitative estimate of drug-likeness (QED) is 0.169. The van der Waals surface area contributed by atoms with Crippen LogP contribution in [0.3, 0.4) is 0 Å². The van der Waals surface area contributed by atoms with Gasteiger partial charge in [-0.3, -0.25) is 24.1 Å². The number of nitrogens with one attached hydrogen (secondary N) is 1. The third kappa shape index (κ3) is 3.85. The zero-order valence-electron chi connectivity index (χ0n) is 20.4. The molecule has 3 unspecified atom stereocenters. The summed E-state index contributed by atoms with van der Waals surface area (Å²) >= 11 is 3.23. The molecule has 2 amide bonds. The Kier molecular flexibility index (Phi) is 6.72. The number of ketones is 2. The van der Waals surface area contributed by atoms with Crippen molar-refractivity contribution in [1.82, 2.24) is 4.90 Å². The highest BCUT2D eigenvalue weighted by molar-refractivity contribution is 9.10. The molecule has 0 aliphatic heterocycles. The first-order valence-corrected chi connectivity index (χ1v) is 12.6. The second-order valence-electron chi connectivity index (χ2n) is 9.82. The number of phenols is 1. The number of likely N-dealkylation sites (N-methyl/N-ethyl adjacent to an activating group) is 1. The molecule has 12 heteroatoms. The normalized spacial score (nSPS) is 28.0. The molecular formula is C25H28BrN3O8. The number of phenolic OH excluding ortho intramolecular Hbond substituents is 1. The predicted octanol–water partition coefficient (Wildman–Crippen LogP) is 1.08. The van der Waals surface area contributed by atoms with Crippen LogP contribution >= 0.6 is 15.9 Å². The summed E-state index contributed by atoms with van der Waals surface area (Å²) in [5, 5.41) is 47.2. The summed E-state index contributed by atoms with van der Waals surface area (Å²) < 4.78 is 0. The van der Waals surface area contributed by atoms with E-state index in [2.05, 4.69) is 21.2 Å². The second-order valence-corrected chi connectivity index (χ2v) is 10.9. The molecule has 0 aromatic heterocycles. The molecule has 0 bridgehead atoms. The standard InChI is InChI=1S/C25H28BrN3O8/c1-4-12(26)24(36)28-13-6-5-9-7-10-8-11-17(29(2)3)20(32)16(23(27)35)22(34)25(11,37)21(33)15(10)19(31)14(9)18(13)30/h5-6,10-12,17,30-31,34,37H,4,7-8H2,1-3H3,(H2,27,35)(H,28,36)/t10?,11?,12?,17-,25-/m0/s1. The first-order chi connectivity index (χ1) is 17.3. The van der Waals surface area contributed by atoms with Gasteiger partial charge in [0.15, 0.2) is 11.4 Å². The number of hydrogen-bond acceptors (Lipinski definition) is 9. The Hall–Kier alpha value is -3.22. The zero-order chi connectivity index (χ0) is 27.6. The Labute approximate surface area is 220 Å². The number of carbonyl (C=O) groups is 4. The molecule has 0 heterocycles. The SMILES string of the molecule is CCC(Br)C(=O)Nc1ccc2c(c1O)C(O)=C1C(=O)[C@]3(O)C(O)=C(C(N)=O)C(=O)[C@@H](N(C)C)C3CC1C2. The number of hydrogen-bond donors (Lipinski definition) is 6. The van der Waals surface area contributed by atoms with Crippen LogP contribution in [-0.2, 0) is 25.6 Å². The molecule has 37 heavy (non-hydrogen) atoms. The fourth-order valence-electron chi connectivity index (χ4n) is 5.72. The van der Waals surface area contributed by atoms with Crippen LogP contribution in [0.2, 0.25) is 0 Å². The third-order valence-electron chi connectivity index (χ3n) is 7.49. The van der Waals surface area contributed by atoms with Crippen LogP contribution in [0.4, 0.5) is 5.69 Å². The van der Waals surface area contributed by atoms with Crippen LogP contribution in [0, 0.1) is 11.8 Å². The van der Waals surface area contributed by atoms with Crippen LogP contribution in [0.25, 0.3) is 5.76 Å². The van der Waals surface area contributed by atoms with Crippen molar-refractivity contribution in [3.8, 4) is 5.75 Å². The summed E-state index contributed by atoms with van der Waals surface area (Å²) in [7, 11) is 3.08. The highest BCUT2D eigenvalue weighted by Crippen LogP contribution is 2.53. The largest absolute Gasteiger partial charge is 0.508 e. The Morgan fingerprint density at radius 2 is 1.89 bits per heavy atom. The molecule has 0 saturated heterocycles. The molecule has 1 fully saturated rings. The van der Waals surface area contributed by atoms with Crippen molar-refractivity contribution in [3.63, 3.8) is 0 Å². The number of primary amides is 1. The van der Waals surface area contributed by atoms with Crippen LogP contribution in [0.1, 0.15) is 30.9 Å². The second kappa shape index (κ2) is 9.26. The van der Waals surface area contributed by atoms with Crippen molar-refractivity contribution < 1.29 is 39.6 Å². The maximum Gasteiger partial charge on any atom is 0.255 e. The number of fused-ring (bicyclic) bond motifs is 3. The number of aliphatic hydroxyl groups excluding tert-OH is 2. The molecule has 1 aromatic rings. The van der Waals surface area contributed by atoms with E-state index in [1.54, 1.807) is 13.0 Å². The van der Waals surface area contributed by atoms with Gasteiger partial charge in [0.1, 0.15) is 22.8 Å². The Morgan fingerprint density at radius 3 is 2.46 bits per heavy atom.